The van der Waals surface area contributed by atoms with E-state index < -0.39 is 0 Å². The van der Waals surface area contributed by atoms with Crippen LogP contribution in [0.15, 0.2) is 83.7 Å². The van der Waals surface area contributed by atoms with E-state index in [1.54, 1.807) is 4.57 Å². The highest BCUT2D eigenvalue weighted by molar-refractivity contribution is 5.79. The average Bonchev–Trinajstić information content (AvgIpc) is 2.92. The summed E-state index contributed by atoms with van der Waals surface area (Å²) in [6, 6.07) is 25.3. The number of para-hydroxylation sites is 1. The van der Waals surface area contributed by atoms with Crippen molar-refractivity contribution in [3.8, 4) is 5.69 Å². The van der Waals surface area contributed by atoms with E-state index in [9.17, 15) is 9.59 Å². The van der Waals surface area contributed by atoms with E-state index in [2.05, 4.69) is 45.0 Å². The topological polar surface area (TPSA) is 55.2 Å². The van der Waals surface area contributed by atoms with Gasteiger partial charge in [-0.1, -0.05) is 75.4 Å². The van der Waals surface area contributed by atoms with Gasteiger partial charge in [0.1, 0.15) is 5.82 Å². The van der Waals surface area contributed by atoms with Crippen molar-refractivity contribution in [1.29, 1.82) is 0 Å². The summed E-state index contributed by atoms with van der Waals surface area (Å²) in [5.41, 5.74) is 3.68. The molecule has 4 rings (SSSR count). The Morgan fingerprint density at radius 3 is 2.25 bits per heavy atom. The molecule has 0 aliphatic rings. The predicted octanol–water partition coefficient (Wildman–Crippen LogP) is 6.27. The fraction of sp³-hybridized carbons (Fsp3) is 0.323. The van der Waals surface area contributed by atoms with E-state index in [1.165, 1.54) is 5.56 Å². The molecule has 1 aromatic heterocycles. The number of hydrogen-bond donors (Lipinski definition) is 0. The van der Waals surface area contributed by atoms with E-state index in [-0.39, 0.29) is 17.5 Å². The standard InChI is InChI=1S/C31H35N3O2/c1-4-22-33(29(35)21-18-24-12-8-7-9-13-24)28(6-3)30-32-27-15-11-10-14-26(27)31(36)34(30)25-19-16-23(5-2)17-20-25/h7-17,19-20,28H,4-6,18,21-22H2,1-3H3. The van der Waals surface area contributed by atoms with Gasteiger partial charge in [0, 0.05) is 13.0 Å². The van der Waals surface area contributed by atoms with E-state index in [4.69, 9.17) is 4.98 Å². The molecule has 0 saturated carbocycles. The van der Waals surface area contributed by atoms with Gasteiger partial charge in [0.2, 0.25) is 5.91 Å². The Labute approximate surface area is 213 Å². The molecule has 36 heavy (non-hydrogen) atoms. The Morgan fingerprint density at radius 2 is 1.58 bits per heavy atom. The minimum Gasteiger partial charge on any atom is -0.333 e. The fourth-order valence-corrected chi connectivity index (χ4v) is 4.78. The number of benzene rings is 3. The number of nitrogens with zero attached hydrogens (tertiary/aromatic N) is 3. The monoisotopic (exact) mass is 481 g/mol. The quantitative estimate of drug-likeness (QED) is 0.268. The molecule has 0 radical (unpaired) electrons. The Bertz CT molecular complexity index is 1360. The maximum Gasteiger partial charge on any atom is 0.266 e. The van der Waals surface area contributed by atoms with Crippen molar-refractivity contribution >= 4 is 16.8 Å². The van der Waals surface area contributed by atoms with Crippen LogP contribution >= 0.6 is 0 Å². The predicted molar refractivity (Wildman–Crippen MR) is 147 cm³/mol. The SMILES string of the molecule is CCCN(C(=O)CCc1ccccc1)C(CC)c1nc2ccccc2c(=O)n1-c1ccc(CC)cc1. The average molecular weight is 482 g/mol. The highest BCUT2D eigenvalue weighted by Crippen LogP contribution is 2.27. The third kappa shape index (κ3) is 5.40. The molecule has 5 heteroatoms. The first kappa shape index (κ1) is 25.4. The van der Waals surface area contributed by atoms with Crippen molar-refractivity contribution in [2.45, 2.75) is 58.9 Å². The molecule has 0 saturated heterocycles. The molecule has 1 atom stereocenters. The van der Waals surface area contributed by atoms with Crippen molar-refractivity contribution in [2.24, 2.45) is 0 Å². The Morgan fingerprint density at radius 1 is 0.889 bits per heavy atom. The van der Waals surface area contributed by atoms with Gasteiger partial charge in [-0.3, -0.25) is 14.2 Å². The molecule has 0 fully saturated rings. The lowest BCUT2D eigenvalue weighted by atomic mass is 10.1. The number of carbonyl (C=O) groups excluding carboxylic acids is 1. The normalized spacial score (nSPS) is 12.0. The van der Waals surface area contributed by atoms with Crippen molar-refractivity contribution in [3.05, 3.63) is 106 Å². The van der Waals surface area contributed by atoms with Crippen molar-refractivity contribution in [3.63, 3.8) is 0 Å². The number of fused-ring (bicyclic) bond motifs is 1. The molecule has 0 aliphatic carbocycles. The molecule has 5 nitrogen and oxygen atoms in total. The smallest absolute Gasteiger partial charge is 0.266 e. The molecule has 0 bridgehead atoms. The first-order valence-electron chi connectivity index (χ1n) is 13.0. The summed E-state index contributed by atoms with van der Waals surface area (Å²) >= 11 is 0. The number of hydrogen-bond acceptors (Lipinski definition) is 3. The lowest BCUT2D eigenvalue weighted by molar-refractivity contribution is -0.134. The maximum atomic E-state index is 13.8. The second kappa shape index (κ2) is 11.8. The van der Waals surface area contributed by atoms with Crippen LogP contribution in [-0.4, -0.2) is 26.9 Å². The molecule has 1 unspecified atom stereocenters. The molecule has 0 N–H and O–H groups in total. The molecule has 0 aliphatic heterocycles. The minimum atomic E-state index is -0.309. The third-order valence-corrected chi connectivity index (χ3v) is 6.72. The number of aromatic nitrogens is 2. The summed E-state index contributed by atoms with van der Waals surface area (Å²) < 4.78 is 1.71. The van der Waals surface area contributed by atoms with Crippen molar-refractivity contribution in [1.82, 2.24) is 14.5 Å². The van der Waals surface area contributed by atoms with Gasteiger partial charge in [-0.2, -0.15) is 0 Å². The first-order valence-corrected chi connectivity index (χ1v) is 13.0. The summed E-state index contributed by atoms with van der Waals surface area (Å²) in [6.45, 7) is 6.86. The van der Waals surface area contributed by atoms with Crippen LogP contribution in [0, 0.1) is 0 Å². The molecule has 1 amide bonds. The van der Waals surface area contributed by atoms with Gasteiger partial charge < -0.3 is 4.90 Å². The van der Waals surface area contributed by atoms with E-state index in [1.807, 2.05) is 59.5 Å². The van der Waals surface area contributed by atoms with Gasteiger partial charge in [-0.05, 0) is 61.1 Å². The van der Waals surface area contributed by atoms with Gasteiger partial charge in [-0.15, -0.1) is 0 Å². The second-order valence-electron chi connectivity index (χ2n) is 9.14. The zero-order chi connectivity index (χ0) is 25.5. The summed E-state index contributed by atoms with van der Waals surface area (Å²) in [5.74, 6) is 0.704. The van der Waals surface area contributed by atoms with E-state index in [0.29, 0.717) is 42.5 Å². The molecule has 4 aromatic rings. The molecular weight excluding hydrogens is 446 g/mol. The molecule has 3 aromatic carbocycles. The second-order valence-corrected chi connectivity index (χ2v) is 9.14. The summed E-state index contributed by atoms with van der Waals surface area (Å²) in [6.07, 6.45) is 3.53. The summed E-state index contributed by atoms with van der Waals surface area (Å²) in [7, 11) is 0. The van der Waals surface area contributed by atoms with Gasteiger partial charge in [0.25, 0.3) is 5.56 Å². The Kier molecular flexibility index (Phi) is 8.32. The maximum absolute atomic E-state index is 13.8. The van der Waals surface area contributed by atoms with Crippen LogP contribution in [0.2, 0.25) is 0 Å². The first-order chi connectivity index (χ1) is 17.6. The van der Waals surface area contributed by atoms with Crippen LogP contribution in [0.1, 0.15) is 63.0 Å². The zero-order valence-electron chi connectivity index (χ0n) is 21.5. The molecule has 0 spiro atoms. The van der Waals surface area contributed by atoms with E-state index in [0.717, 1.165) is 24.1 Å². The Hall–Kier alpha value is -3.73. The van der Waals surface area contributed by atoms with Crippen LogP contribution in [0.4, 0.5) is 0 Å². The number of rotatable bonds is 10. The minimum absolute atomic E-state index is 0.0860. The largest absolute Gasteiger partial charge is 0.333 e. The van der Waals surface area contributed by atoms with E-state index >= 15 is 0 Å². The van der Waals surface area contributed by atoms with Crippen LogP contribution in [0.3, 0.4) is 0 Å². The molecule has 186 valence electrons. The molecule has 1 heterocycles. The zero-order valence-corrected chi connectivity index (χ0v) is 21.5. The molecular formula is C31H35N3O2. The van der Waals surface area contributed by atoms with Crippen molar-refractivity contribution in [2.75, 3.05) is 6.54 Å². The summed E-state index contributed by atoms with van der Waals surface area (Å²) in [4.78, 5) is 34.3. The lowest BCUT2D eigenvalue weighted by Gasteiger charge is -2.32. The third-order valence-electron chi connectivity index (χ3n) is 6.72. The van der Waals surface area contributed by atoms with Crippen LogP contribution in [-0.2, 0) is 17.6 Å². The summed E-state index contributed by atoms with van der Waals surface area (Å²) in [5, 5.41) is 0.577. The highest BCUT2D eigenvalue weighted by atomic mass is 16.2. The van der Waals surface area contributed by atoms with Crippen molar-refractivity contribution < 1.29 is 4.79 Å². The highest BCUT2D eigenvalue weighted by Gasteiger charge is 2.28. The van der Waals surface area contributed by atoms with Gasteiger partial charge in [0.05, 0.1) is 22.6 Å². The number of amides is 1. The van der Waals surface area contributed by atoms with Gasteiger partial charge in [-0.25, -0.2) is 4.98 Å². The fourth-order valence-electron chi connectivity index (χ4n) is 4.78. The lowest BCUT2D eigenvalue weighted by Crippen LogP contribution is -2.39. The van der Waals surface area contributed by atoms with Crippen LogP contribution in [0.25, 0.3) is 16.6 Å². The number of aryl methyl sites for hydroxylation is 2. The Balaban J connectivity index is 1.80. The van der Waals surface area contributed by atoms with Crippen LogP contribution in [0.5, 0.6) is 0 Å². The van der Waals surface area contributed by atoms with Gasteiger partial charge >= 0.3 is 0 Å². The van der Waals surface area contributed by atoms with Gasteiger partial charge in [0.15, 0.2) is 0 Å². The number of carbonyl (C=O) groups is 1. The van der Waals surface area contributed by atoms with Crippen LogP contribution < -0.4 is 5.56 Å².